The molecular weight excluding hydrogens is 332 g/mol. The SMILES string of the molecule is O=C(O)Cc1c([N+](=O)[O-])ccc(OC(F)F)c1CBr. The maximum Gasteiger partial charge on any atom is 0.387 e. The van der Waals surface area contributed by atoms with E-state index in [1.807, 2.05) is 0 Å². The summed E-state index contributed by atoms with van der Waals surface area (Å²) in [6, 6.07) is 1.97. The van der Waals surface area contributed by atoms with Crippen LogP contribution in [-0.2, 0) is 16.5 Å². The molecule has 6 nitrogen and oxygen atoms in total. The number of carboxylic acid groups (broad SMARTS) is 1. The molecule has 0 bridgehead atoms. The minimum Gasteiger partial charge on any atom is -0.481 e. The van der Waals surface area contributed by atoms with Crippen LogP contribution in [0.4, 0.5) is 14.5 Å². The van der Waals surface area contributed by atoms with E-state index in [9.17, 15) is 23.7 Å². The summed E-state index contributed by atoms with van der Waals surface area (Å²) in [5.41, 5.74) is -0.581. The first-order valence-corrected chi connectivity index (χ1v) is 6.00. The maximum atomic E-state index is 12.2. The molecule has 0 radical (unpaired) electrons. The minimum absolute atomic E-state index is 0.0249. The molecule has 0 saturated heterocycles. The number of alkyl halides is 3. The number of nitro groups is 1. The Morgan fingerprint density at radius 3 is 2.53 bits per heavy atom. The molecule has 9 heteroatoms. The number of benzene rings is 1. The fourth-order valence-electron chi connectivity index (χ4n) is 1.53. The van der Waals surface area contributed by atoms with E-state index in [0.717, 1.165) is 12.1 Å². The molecule has 0 heterocycles. The third-order valence-electron chi connectivity index (χ3n) is 2.24. The van der Waals surface area contributed by atoms with Gasteiger partial charge in [-0.15, -0.1) is 0 Å². The smallest absolute Gasteiger partial charge is 0.387 e. The number of hydrogen-bond donors (Lipinski definition) is 1. The highest BCUT2D eigenvalue weighted by atomic mass is 79.9. The van der Waals surface area contributed by atoms with Crippen molar-refractivity contribution in [3.8, 4) is 5.75 Å². The van der Waals surface area contributed by atoms with Crippen LogP contribution in [0.2, 0.25) is 0 Å². The van der Waals surface area contributed by atoms with Crippen LogP contribution in [-0.4, -0.2) is 22.6 Å². The van der Waals surface area contributed by atoms with Gasteiger partial charge in [-0.2, -0.15) is 8.78 Å². The summed E-state index contributed by atoms with van der Waals surface area (Å²) in [6.07, 6.45) is -0.655. The molecule has 0 fully saturated rings. The van der Waals surface area contributed by atoms with Gasteiger partial charge in [0, 0.05) is 22.5 Å². The Bertz CT molecular complexity index is 509. The van der Waals surface area contributed by atoms with E-state index in [1.54, 1.807) is 0 Å². The van der Waals surface area contributed by atoms with Crippen LogP contribution in [0.25, 0.3) is 0 Å². The first-order valence-electron chi connectivity index (χ1n) is 4.88. The molecule has 0 aliphatic carbocycles. The van der Waals surface area contributed by atoms with Gasteiger partial charge in [-0.1, -0.05) is 15.9 Å². The van der Waals surface area contributed by atoms with Crippen molar-refractivity contribution in [2.24, 2.45) is 0 Å². The van der Waals surface area contributed by atoms with Gasteiger partial charge < -0.3 is 9.84 Å². The lowest BCUT2D eigenvalue weighted by atomic mass is 10.0. The van der Waals surface area contributed by atoms with Crippen molar-refractivity contribution in [2.75, 3.05) is 0 Å². The number of nitro benzene ring substituents is 1. The van der Waals surface area contributed by atoms with Crippen LogP contribution in [0, 0.1) is 10.1 Å². The Hall–Kier alpha value is -1.77. The molecule has 0 spiro atoms. The first-order chi connectivity index (χ1) is 8.86. The third-order valence-corrected chi connectivity index (χ3v) is 2.80. The quantitative estimate of drug-likeness (QED) is 0.489. The zero-order chi connectivity index (χ0) is 14.6. The van der Waals surface area contributed by atoms with Crippen LogP contribution in [0.5, 0.6) is 5.75 Å². The normalized spacial score (nSPS) is 10.5. The van der Waals surface area contributed by atoms with Gasteiger partial charge >= 0.3 is 12.6 Å². The summed E-state index contributed by atoms with van der Waals surface area (Å²) in [4.78, 5) is 20.8. The molecule has 1 aromatic carbocycles. The van der Waals surface area contributed by atoms with Crippen molar-refractivity contribution in [1.82, 2.24) is 0 Å². The summed E-state index contributed by atoms with van der Waals surface area (Å²) in [6.45, 7) is -3.10. The predicted molar refractivity (Wildman–Crippen MR) is 63.7 cm³/mol. The van der Waals surface area contributed by atoms with E-state index < -0.39 is 29.6 Å². The van der Waals surface area contributed by atoms with Crippen LogP contribution >= 0.6 is 15.9 Å². The molecule has 1 N–H and O–H groups in total. The van der Waals surface area contributed by atoms with Gasteiger partial charge in [-0.3, -0.25) is 14.9 Å². The molecule has 0 aliphatic rings. The fraction of sp³-hybridized carbons (Fsp3) is 0.300. The topological polar surface area (TPSA) is 89.7 Å². The second kappa shape index (κ2) is 6.41. The van der Waals surface area contributed by atoms with E-state index in [1.165, 1.54) is 0 Å². The number of ether oxygens (including phenoxy) is 1. The average molecular weight is 340 g/mol. The number of aliphatic carboxylic acids is 1. The van der Waals surface area contributed by atoms with E-state index in [-0.39, 0.29) is 22.2 Å². The number of carboxylic acids is 1. The van der Waals surface area contributed by atoms with Crippen molar-refractivity contribution in [3.63, 3.8) is 0 Å². The monoisotopic (exact) mass is 339 g/mol. The van der Waals surface area contributed by atoms with Gasteiger partial charge in [0.1, 0.15) is 5.75 Å². The molecule has 0 saturated carbocycles. The van der Waals surface area contributed by atoms with Crippen molar-refractivity contribution in [3.05, 3.63) is 33.4 Å². The van der Waals surface area contributed by atoms with Crippen molar-refractivity contribution in [1.29, 1.82) is 0 Å². The third kappa shape index (κ3) is 3.85. The molecule has 19 heavy (non-hydrogen) atoms. The summed E-state index contributed by atoms with van der Waals surface area (Å²) in [5, 5.41) is 19.5. The molecule has 0 amide bonds. The summed E-state index contributed by atoms with van der Waals surface area (Å²) < 4.78 is 28.6. The predicted octanol–water partition coefficient (Wildman–Crippen LogP) is 2.72. The number of carbonyl (C=O) groups is 1. The Kier molecular flexibility index (Phi) is 5.16. The highest BCUT2D eigenvalue weighted by molar-refractivity contribution is 9.08. The van der Waals surface area contributed by atoms with Gasteiger partial charge in [0.25, 0.3) is 5.69 Å². The van der Waals surface area contributed by atoms with Crippen molar-refractivity contribution in [2.45, 2.75) is 18.4 Å². The van der Waals surface area contributed by atoms with Gasteiger partial charge in [0.2, 0.25) is 0 Å². The van der Waals surface area contributed by atoms with Crippen molar-refractivity contribution >= 4 is 27.6 Å². The summed E-state index contributed by atoms with van der Waals surface area (Å²) >= 11 is 2.98. The summed E-state index contributed by atoms with van der Waals surface area (Å²) in [5.74, 6) is -1.59. The Balaban J connectivity index is 3.40. The molecule has 104 valence electrons. The van der Waals surface area contributed by atoms with Crippen LogP contribution in [0.1, 0.15) is 11.1 Å². The molecule has 0 aromatic heterocycles. The first kappa shape index (κ1) is 15.3. The molecule has 0 atom stereocenters. The lowest BCUT2D eigenvalue weighted by molar-refractivity contribution is -0.385. The van der Waals surface area contributed by atoms with E-state index in [2.05, 4.69) is 20.7 Å². The minimum atomic E-state index is -3.10. The molecule has 0 aliphatic heterocycles. The summed E-state index contributed by atoms with van der Waals surface area (Å²) in [7, 11) is 0. The Morgan fingerprint density at radius 2 is 2.11 bits per heavy atom. The van der Waals surface area contributed by atoms with E-state index in [0.29, 0.717) is 0 Å². The van der Waals surface area contributed by atoms with Gasteiger partial charge in [-0.25, -0.2) is 0 Å². The average Bonchev–Trinajstić information content (AvgIpc) is 2.27. The molecule has 1 rings (SSSR count). The lowest BCUT2D eigenvalue weighted by Crippen LogP contribution is -2.10. The fourth-order valence-corrected chi connectivity index (χ4v) is 2.15. The molecule has 0 unspecified atom stereocenters. The highest BCUT2D eigenvalue weighted by Gasteiger charge is 2.24. The second-order valence-electron chi connectivity index (χ2n) is 3.38. The van der Waals surface area contributed by atoms with Crippen LogP contribution in [0.15, 0.2) is 12.1 Å². The maximum absolute atomic E-state index is 12.2. The van der Waals surface area contributed by atoms with Gasteiger partial charge in [0.05, 0.1) is 11.3 Å². The highest BCUT2D eigenvalue weighted by Crippen LogP contribution is 2.33. The molecule has 1 aromatic rings. The van der Waals surface area contributed by atoms with Crippen molar-refractivity contribution < 1.29 is 28.3 Å². The van der Waals surface area contributed by atoms with E-state index >= 15 is 0 Å². The lowest BCUT2D eigenvalue weighted by Gasteiger charge is -2.12. The largest absolute Gasteiger partial charge is 0.481 e. The van der Waals surface area contributed by atoms with Crippen LogP contribution in [0.3, 0.4) is 0 Å². The standard InChI is InChI=1S/C10H8BrF2NO5/c11-4-6-5(3-9(15)16)7(14(17)18)1-2-8(6)19-10(12)13/h1-2,10H,3-4H2,(H,15,16). The number of rotatable bonds is 6. The van der Waals surface area contributed by atoms with E-state index in [4.69, 9.17) is 5.11 Å². The van der Waals surface area contributed by atoms with Crippen LogP contribution < -0.4 is 4.74 Å². The van der Waals surface area contributed by atoms with Gasteiger partial charge in [0.15, 0.2) is 0 Å². The molecular formula is C10H8BrF2NO5. The van der Waals surface area contributed by atoms with Gasteiger partial charge in [-0.05, 0) is 6.07 Å². The Morgan fingerprint density at radius 1 is 1.47 bits per heavy atom. The Labute approximate surface area is 114 Å². The number of halogens is 3. The second-order valence-corrected chi connectivity index (χ2v) is 3.94. The zero-order valence-corrected chi connectivity index (χ0v) is 10.9. The number of hydrogen-bond acceptors (Lipinski definition) is 4. The number of nitrogens with zero attached hydrogens (tertiary/aromatic N) is 1. The zero-order valence-electron chi connectivity index (χ0n) is 9.31.